The lowest BCUT2D eigenvalue weighted by Gasteiger charge is -2.20. The molecule has 6 nitrogen and oxygen atoms in total. The van der Waals surface area contributed by atoms with E-state index in [0.717, 1.165) is 50.7 Å². The Morgan fingerprint density at radius 2 is 1.49 bits per heavy atom. The first-order valence-electron chi connectivity index (χ1n) is 15.0. The largest absolute Gasteiger partial charge is 0.465 e. The van der Waals surface area contributed by atoms with Crippen molar-refractivity contribution >= 4 is 43.7 Å². The molecular formula is C38H32N4O2S. The van der Waals surface area contributed by atoms with E-state index in [1.54, 1.807) is 11.3 Å². The van der Waals surface area contributed by atoms with Gasteiger partial charge >= 0.3 is 5.97 Å². The molecule has 0 atom stereocenters. The van der Waals surface area contributed by atoms with Crippen molar-refractivity contribution in [3.05, 3.63) is 150 Å². The maximum Gasteiger partial charge on any atom is 0.337 e. The second-order valence-electron chi connectivity index (χ2n) is 11.0. The van der Waals surface area contributed by atoms with Crippen LogP contribution in [0.5, 0.6) is 0 Å². The van der Waals surface area contributed by atoms with Crippen molar-refractivity contribution in [1.82, 2.24) is 14.5 Å². The lowest BCUT2D eigenvalue weighted by Crippen LogP contribution is -2.08. The standard InChI is InChI=1S/C38H32N4O2S/c1-44-37(43)29-20-21-34-33(24-29)40-36(42(34)23-22-30(27-14-7-3-8-15-27)28-16-9-4-10-17-28)31-18-11-19-32-35(31)45-38(41-32)39-25-26-12-5-2-6-13-26/h2-21,24,30H,22-23,25H2,1H3,(H,39,41). The van der Waals surface area contributed by atoms with Crippen molar-refractivity contribution in [2.45, 2.75) is 25.4 Å². The molecule has 222 valence electrons. The highest BCUT2D eigenvalue weighted by Gasteiger charge is 2.21. The average molecular weight is 609 g/mol. The number of hydrogen-bond acceptors (Lipinski definition) is 6. The average Bonchev–Trinajstić information content (AvgIpc) is 3.69. The van der Waals surface area contributed by atoms with Crippen LogP contribution in [0.1, 0.15) is 39.4 Å². The van der Waals surface area contributed by atoms with Gasteiger partial charge in [-0.3, -0.25) is 0 Å². The van der Waals surface area contributed by atoms with E-state index in [9.17, 15) is 4.79 Å². The summed E-state index contributed by atoms with van der Waals surface area (Å²) in [4.78, 5) is 22.5. The van der Waals surface area contributed by atoms with Crippen LogP contribution >= 0.6 is 11.3 Å². The van der Waals surface area contributed by atoms with Crippen LogP contribution in [0.25, 0.3) is 32.6 Å². The molecule has 2 heterocycles. The molecule has 0 aliphatic heterocycles. The Hall–Kier alpha value is -5.27. The molecule has 5 aromatic carbocycles. The molecule has 2 aromatic heterocycles. The molecule has 45 heavy (non-hydrogen) atoms. The highest BCUT2D eigenvalue weighted by molar-refractivity contribution is 7.22. The molecule has 0 spiro atoms. The molecule has 0 amide bonds. The summed E-state index contributed by atoms with van der Waals surface area (Å²) in [6, 6.07) is 43.5. The molecule has 0 saturated carbocycles. The minimum absolute atomic E-state index is 0.208. The number of benzene rings is 5. The van der Waals surface area contributed by atoms with Gasteiger partial charge in [-0.2, -0.15) is 0 Å². The number of hydrogen-bond donors (Lipinski definition) is 1. The van der Waals surface area contributed by atoms with Crippen LogP contribution in [0.4, 0.5) is 5.13 Å². The monoisotopic (exact) mass is 608 g/mol. The number of carbonyl (C=O) groups excluding carboxylic acids is 1. The second-order valence-corrected chi connectivity index (χ2v) is 12.0. The highest BCUT2D eigenvalue weighted by atomic mass is 32.1. The number of rotatable bonds is 10. The van der Waals surface area contributed by atoms with E-state index in [4.69, 9.17) is 14.7 Å². The van der Waals surface area contributed by atoms with Crippen LogP contribution in [0, 0.1) is 0 Å². The fourth-order valence-electron chi connectivity index (χ4n) is 5.94. The third kappa shape index (κ3) is 5.95. The number of esters is 1. The van der Waals surface area contributed by atoms with Gasteiger partial charge in [-0.25, -0.2) is 14.8 Å². The predicted octanol–water partition coefficient (Wildman–Crippen LogP) is 8.93. The Bertz CT molecular complexity index is 2030. The van der Waals surface area contributed by atoms with E-state index in [0.29, 0.717) is 12.1 Å². The van der Waals surface area contributed by atoms with E-state index in [2.05, 4.69) is 88.7 Å². The molecule has 7 heteroatoms. The van der Waals surface area contributed by atoms with Crippen LogP contribution in [0.3, 0.4) is 0 Å². The SMILES string of the molecule is COC(=O)c1ccc2c(c1)nc(-c1cccc3nc(NCc4ccccc4)sc13)n2CCC(c1ccccc1)c1ccccc1. The first-order chi connectivity index (χ1) is 22.2. The Labute approximate surface area is 266 Å². The highest BCUT2D eigenvalue weighted by Crippen LogP contribution is 2.37. The lowest BCUT2D eigenvalue weighted by atomic mass is 9.88. The van der Waals surface area contributed by atoms with Gasteiger partial charge in [-0.05, 0) is 53.4 Å². The number of aromatic nitrogens is 3. The number of aryl methyl sites for hydroxylation is 1. The van der Waals surface area contributed by atoms with E-state index >= 15 is 0 Å². The van der Waals surface area contributed by atoms with E-state index in [-0.39, 0.29) is 11.9 Å². The minimum Gasteiger partial charge on any atom is -0.465 e. The van der Waals surface area contributed by atoms with Crippen LogP contribution in [0.2, 0.25) is 0 Å². The third-order valence-electron chi connectivity index (χ3n) is 8.16. The van der Waals surface area contributed by atoms with Gasteiger partial charge in [0.15, 0.2) is 5.13 Å². The molecule has 1 N–H and O–H groups in total. The molecule has 7 aromatic rings. The molecular weight excluding hydrogens is 577 g/mol. The lowest BCUT2D eigenvalue weighted by molar-refractivity contribution is 0.0601. The van der Waals surface area contributed by atoms with Gasteiger partial charge in [0, 0.05) is 24.6 Å². The van der Waals surface area contributed by atoms with Crippen molar-refractivity contribution in [1.29, 1.82) is 0 Å². The van der Waals surface area contributed by atoms with E-state index in [1.165, 1.54) is 23.8 Å². The zero-order valence-electron chi connectivity index (χ0n) is 24.9. The quantitative estimate of drug-likeness (QED) is 0.157. The number of carbonyl (C=O) groups is 1. The summed E-state index contributed by atoms with van der Waals surface area (Å²) in [5.74, 6) is 0.690. The Morgan fingerprint density at radius 3 is 2.18 bits per heavy atom. The zero-order chi connectivity index (χ0) is 30.6. The summed E-state index contributed by atoms with van der Waals surface area (Å²) >= 11 is 1.64. The van der Waals surface area contributed by atoms with Crippen molar-refractivity contribution < 1.29 is 9.53 Å². The molecule has 0 radical (unpaired) electrons. The molecule has 0 aliphatic rings. The second kappa shape index (κ2) is 12.8. The van der Waals surface area contributed by atoms with Crippen molar-refractivity contribution in [3.8, 4) is 11.4 Å². The Morgan fingerprint density at radius 1 is 0.800 bits per heavy atom. The van der Waals surface area contributed by atoms with Gasteiger partial charge in [-0.15, -0.1) is 0 Å². The van der Waals surface area contributed by atoms with Crippen molar-refractivity contribution in [2.75, 3.05) is 12.4 Å². The van der Waals surface area contributed by atoms with Crippen LogP contribution in [0.15, 0.2) is 127 Å². The van der Waals surface area contributed by atoms with Crippen molar-refractivity contribution in [2.24, 2.45) is 0 Å². The summed E-state index contributed by atoms with van der Waals surface area (Å²) in [5, 5.41) is 4.37. The van der Waals surface area contributed by atoms with E-state index in [1.807, 2.05) is 48.5 Å². The molecule has 7 rings (SSSR count). The molecule has 0 unspecified atom stereocenters. The van der Waals surface area contributed by atoms with Crippen molar-refractivity contribution in [3.63, 3.8) is 0 Å². The van der Waals surface area contributed by atoms with Gasteiger partial charge in [0.05, 0.1) is 33.9 Å². The zero-order valence-corrected chi connectivity index (χ0v) is 25.7. The fraction of sp³-hybridized carbons (Fsp3) is 0.132. The molecule has 0 saturated heterocycles. The minimum atomic E-state index is -0.375. The third-order valence-corrected chi connectivity index (χ3v) is 9.22. The summed E-state index contributed by atoms with van der Waals surface area (Å²) in [7, 11) is 1.40. The summed E-state index contributed by atoms with van der Waals surface area (Å²) in [5.41, 5.74) is 7.91. The van der Waals surface area contributed by atoms with Crippen LogP contribution < -0.4 is 5.32 Å². The van der Waals surface area contributed by atoms with Gasteiger partial charge in [-0.1, -0.05) is 108 Å². The Kier molecular flexibility index (Phi) is 8.08. The summed E-state index contributed by atoms with van der Waals surface area (Å²) in [6.45, 7) is 1.43. The number of ether oxygens (including phenoxy) is 1. The predicted molar refractivity (Wildman–Crippen MR) is 183 cm³/mol. The van der Waals surface area contributed by atoms with Crippen LogP contribution in [-0.4, -0.2) is 27.6 Å². The molecule has 0 fully saturated rings. The molecule has 0 aliphatic carbocycles. The van der Waals surface area contributed by atoms with Gasteiger partial charge in [0.1, 0.15) is 5.82 Å². The number of fused-ring (bicyclic) bond motifs is 2. The first-order valence-corrected chi connectivity index (χ1v) is 15.9. The van der Waals surface area contributed by atoms with Gasteiger partial charge in [0.25, 0.3) is 0 Å². The van der Waals surface area contributed by atoms with Crippen LogP contribution in [-0.2, 0) is 17.8 Å². The maximum atomic E-state index is 12.4. The smallest absolute Gasteiger partial charge is 0.337 e. The maximum absolute atomic E-state index is 12.4. The van der Waals surface area contributed by atoms with Gasteiger partial charge < -0.3 is 14.6 Å². The Balaban J connectivity index is 1.30. The first kappa shape index (κ1) is 28.5. The van der Waals surface area contributed by atoms with E-state index < -0.39 is 0 Å². The summed E-state index contributed by atoms with van der Waals surface area (Å²) < 4.78 is 8.37. The number of thiazole rings is 1. The normalized spacial score (nSPS) is 11.3. The molecule has 0 bridgehead atoms. The number of methoxy groups -OCH3 is 1. The van der Waals surface area contributed by atoms with Gasteiger partial charge in [0.2, 0.25) is 0 Å². The fourth-order valence-corrected chi connectivity index (χ4v) is 6.90. The number of anilines is 1. The number of imidazole rings is 1. The summed E-state index contributed by atoms with van der Waals surface area (Å²) in [6.07, 6.45) is 0.869. The topological polar surface area (TPSA) is 69.0 Å². The number of nitrogens with one attached hydrogen (secondary N) is 1. The number of nitrogens with zero attached hydrogens (tertiary/aromatic N) is 3.